The Kier molecular flexibility index (Phi) is 2.95. The van der Waals surface area contributed by atoms with Gasteiger partial charge in [0.05, 0.1) is 6.26 Å². The summed E-state index contributed by atoms with van der Waals surface area (Å²) in [7, 11) is 0. The van der Waals surface area contributed by atoms with Crippen LogP contribution in [-0.2, 0) is 0 Å². The Morgan fingerprint density at radius 1 is 1.31 bits per heavy atom. The van der Waals surface area contributed by atoms with Crippen molar-refractivity contribution in [1.82, 2.24) is 14.9 Å². The van der Waals surface area contributed by atoms with Crippen molar-refractivity contribution in [1.29, 1.82) is 0 Å². The van der Waals surface area contributed by atoms with Crippen molar-refractivity contribution >= 4 is 12.3 Å². The third kappa shape index (κ3) is 2.25. The predicted octanol–water partition coefficient (Wildman–Crippen LogP) is 2.04. The van der Waals surface area contributed by atoms with Gasteiger partial charge < -0.3 is 4.42 Å². The van der Waals surface area contributed by atoms with Gasteiger partial charge >= 0.3 is 0 Å². The second-order valence-corrected chi connectivity index (χ2v) is 3.25. The van der Waals surface area contributed by atoms with Gasteiger partial charge in [-0.15, -0.1) is 10.2 Å². The molecule has 82 valence electrons. The number of hydrogen-bond acceptors (Lipinski definition) is 4. The number of aromatic nitrogens is 3. The Morgan fingerprint density at radius 3 is 2.69 bits per heavy atom. The zero-order chi connectivity index (χ0) is 11.4. The second kappa shape index (κ2) is 4.57. The third-order valence-electron chi connectivity index (χ3n) is 2.02. The van der Waals surface area contributed by atoms with Gasteiger partial charge in [0.2, 0.25) is 0 Å². The van der Waals surface area contributed by atoms with Crippen LogP contribution < -0.4 is 0 Å². The summed E-state index contributed by atoms with van der Waals surface area (Å²) >= 11 is 0. The van der Waals surface area contributed by atoms with Crippen LogP contribution in [-0.4, -0.2) is 21.1 Å². The van der Waals surface area contributed by atoms with Crippen LogP contribution in [0.5, 0.6) is 0 Å². The van der Waals surface area contributed by atoms with Crippen LogP contribution in [0.4, 0.5) is 0 Å². The summed E-state index contributed by atoms with van der Waals surface area (Å²) in [4.78, 5) is 0. The molecule has 2 aromatic heterocycles. The molecule has 0 spiro atoms. The molecule has 5 nitrogen and oxygen atoms in total. The summed E-state index contributed by atoms with van der Waals surface area (Å²) in [6.45, 7) is 3.71. The molecule has 5 heteroatoms. The first-order chi connectivity index (χ1) is 7.77. The average Bonchev–Trinajstić information content (AvgIpc) is 2.87. The van der Waals surface area contributed by atoms with Gasteiger partial charge in [-0.25, -0.2) is 4.68 Å². The summed E-state index contributed by atoms with van der Waals surface area (Å²) < 4.78 is 6.81. The molecule has 0 N–H and O–H groups in total. The van der Waals surface area contributed by atoms with E-state index >= 15 is 0 Å². The minimum absolute atomic E-state index is 0.764. The van der Waals surface area contributed by atoms with Gasteiger partial charge in [0, 0.05) is 6.21 Å². The van der Waals surface area contributed by atoms with Crippen molar-refractivity contribution in [3.63, 3.8) is 0 Å². The minimum Gasteiger partial charge on any atom is -0.465 e. The molecule has 0 amide bonds. The van der Waals surface area contributed by atoms with Crippen molar-refractivity contribution in [3.05, 3.63) is 41.9 Å². The Morgan fingerprint density at radius 2 is 2.06 bits per heavy atom. The van der Waals surface area contributed by atoms with Crippen molar-refractivity contribution in [2.75, 3.05) is 0 Å². The fourth-order valence-corrected chi connectivity index (χ4v) is 1.26. The third-order valence-corrected chi connectivity index (χ3v) is 2.02. The molecular weight excluding hydrogens is 204 g/mol. The fourth-order valence-electron chi connectivity index (χ4n) is 1.26. The highest BCUT2D eigenvalue weighted by atomic mass is 16.3. The molecule has 2 rings (SSSR count). The summed E-state index contributed by atoms with van der Waals surface area (Å²) in [6, 6.07) is 3.71. The largest absolute Gasteiger partial charge is 0.465 e. The van der Waals surface area contributed by atoms with Gasteiger partial charge in [-0.05, 0) is 38.1 Å². The molecule has 0 fully saturated rings. The molecule has 2 aromatic rings. The summed E-state index contributed by atoms with van der Waals surface area (Å²) in [5, 5.41) is 12.0. The molecule has 0 aliphatic carbocycles. The van der Waals surface area contributed by atoms with E-state index in [1.54, 1.807) is 23.2 Å². The van der Waals surface area contributed by atoms with Gasteiger partial charge in [-0.1, -0.05) is 0 Å². The molecule has 0 bridgehead atoms. The quantitative estimate of drug-likeness (QED) is 0.737. The first kappa shape index (κ1) is 10.4. The molecule has 0 aromatic carbocycles. The second-order valence-electron chi connectivity index (χ2n) is 3.25. The van der Waals surface area contributed by atoms with Crippen LogP contribution in [0.3, 0.4) is 0 Å². The van der Waals surface area contributed by atoms with Crippen molar-refractivity contribution in [2.24, 2.45) is 5.10 Å². The van der Waals surface area contributed by atoms with Crippen LogP contribution >= 0.6 is 0 Å². The maximum Gasteiger partial charge on any atom is 0.151 e. The molecule has 16 heavy (non-hydrogen) atoms. The summed E-state index contributed by atoms with van der Waals surface area (Å²) in [5.41, 5.74) is 0. The predicted molar refractivity (Wildman–Crippen MR) is 61.1 cm³/mol. The van der Waals surface area contributed by atoms with E-state index in [4.69, 9.17) is 4.42 Å². The van der Waals surface area contributed by atoms with E-state index in [2.05, 4.69) is 15.3 Å². The molecular formula is C11H12N4O. The Hall–Kier alpha value is -2.17. The number of hydrogen-bond donors (Lipinski definition) is 0. The number of allylic oxidation sites excluding steroid dienone is 1. The fraction of sp³-hybridized carbons (Fsp3) is 0.182. The first-order valence-corrected chi connectivity index (χ1v) is 4.90. The summed E-state index contributed by atoms with van der Waals surface area (Å²) in [5.74, 6) is 2.32. The smallest absolute Gasteiger partial charge is 0.151 e. The van der Waals surface area contributed by atoms with Crippen molar-refractivity contribution in [2.45, 2.75) is 13.8 Å². The molecule has 0 radical (unpaired) electrons. The molecule has 0 aliphatic heterocycles. The maximum atomic E-state index is 5.14. The van der Waals surface area contributed by atoms with Gasteiger partial charge in [-0.2, -0.15) is 5.10 Å². The van der Waals surface area contributed by atoms with Crippen LogP contribution in [0.2, 0.25) is 0 Å². The zero-order valence-corrected chi connectivity index (χ0v) is 9.16. The lowest BCUT2D eigenvalue weighted by molar-refractivity contribution is 0.557. The Bertz CT molecular complexity index is 489. The Labute approximate surface area is 93.1 Å². The van der Waals surface area contributed by atoms with Crippen molar-refractivity contribution < 1.29 is 4.42 Å². The number of aryl methyl sites for hydroxylation is 2. The van der Waals surface area contributed by atoms with E-state index in [9.17, 15) is 0 Å². The SMILES string of the molecule is Cc1nnc(C)n1/N=C/C=C\c1ccco1. The molecule has 0 aliphatic rings. The van der Waals surface area contributed by atoms with Gasteiger partial charge in [0.15, 0.2) is 11.6 Å². The van der Waals surface area contributed by atoms with E-state index in [-0.39, 0.29) is 0 Å². The maximum absolute atomic E-state index is 5.14. The van der Waals surface area contributed by atoms with E-state index in [0.717, 1.165) is 17.4 Å². The standard InChI is InChI=1S/C11H12N4O/c1-9-13-14-10(2)15(9)12-7-3-5-11-6-4-8-16-11/h3-8H,1-2H3/b5-3-,12-7+. The van der Waals surface area contributed by atoms with E-state index in [0.29, 0.717) is 0 Å². The number of nitrogens with zero attached hydrogens (tertiary/aromatic N) is 4. The first-order valence-electron chi connectivity index (χ1n) is 4.90. The molecule has 0 saturated heterocycles. The average molecular weight is 216 g/mol. The highest BCUT2D eigenvalue weighted by Crippen LogP contribution is 2.01. The number of furan rings is 1. The molecule has 0 saturated carbocycles. The molecule has 0 atom stereocenters. The van der Waals surface area contributed by atoms with Crippen LogP contribution in [0.1, 0.15) is 17.4 Å². The lowest BCUT2D eigenvalue weighted by Crippen LogP contribution is -1.94. The van der Waals surface area contributed by atoms with Gasteiger partial charge in [-0.3, -0.25) is 0 Å². The minimum atomic E-state index is 0.764. The normalized spacial score (nSPS) is 11.9. The highest BCUT2D eigenvalue weighted by molar-refractivity contribution is 5.77. The lowest BCUT2D eigenvalue weighted by atomic mass is 10.4. The van der Waals surface area contributed by atoms with E-state index in [1.165, 1.54) is 0 Å². The van der Waals surface area contributed by atoms with Crippen molar-refractivity contribution in [3.8, 4) is 0 Å². The lowest BCUT2D eigenvalue weighted by Gasteiger charge is -1.94. The van der Waals surface area contributed by atoms with E-state index < -0.39 is 0 Å². The van der Waals surface area contributed by atoms with E-state index in [1.807, 2.05) is 32.1 Å². The van der Waals surface area contributed by atoms with Crippen LogP contribution in [0.15, 0.2) is 34.0 Å². The van der Waals surface area contributed by atoms with Crippen LogP contribution in [0, 0.1) is 13.8 Å². The van der Waals surface area contributed by atoms with Gasteiger partial charge in [0.25, 0.3) is 0 Å². The monoisotopic (exact) mass is 216 g/mol. The summed E-state index contributed by atoms with van der Waals surface area (Å²) in [6.07, 6.45) is 6.94. The van der Waals surface area contributed by atoms with Crippen LogP contribution in [0.25, 0.3) is 6.08 Å². The highest BCUT2D eigenvalue weighted by Gasteiger charge is 1.99. The zero-order valence-electron chi connectivity index (χ0n) is 9.16. The topological polar surface area (TPSA) is 56.2 Å². The molecule has 2 heterocycles. The Balaban J connectivity index is 2.05. The van der Waals surface area contributed by atoms with Gasteiger partial charge in [0.1, 0.15) is 5.76 Å². The number of rotatable bonds is 3. The molecule has 0 unspecified atom stereocenters.